The number of carbonyl (C=O) groups is 1. The van der Waals surface area contributed by atoms with Gasteiger partial charge in [0.2, 0.25) is 0 Å². The highest BCUT2D eigenvalue weighted by Crippen LogP contribution is 2.70. The zero-order valence-electron chi connectivity index (χ0n) is 7.05. The van der Waals surface area contributed by atoms with Crippen molar-refractivity contribution in [2.75, 3.05) is 0 Å². The van der Waals surface area contributed by atoms with Gasteiger partial charge in [0.25, 0.3) is 0 Å². The van der Waals surface area contributed by atoms with Crippen LogP contribution >= 0.6 is 0 Å². The standard InChI is InChI=1S/C9H14O2/c1-8(2)6-3-4-9(8,5-6)7(10)11/h6H,3-5H2,1-2H3,(H,10,11). The molecule has 2 atom stereocenters. The Morgan fingerprint density at radius 2 is 2.18 bits per heavy atom. The third-order valence-electron chi connectivity index (χ3n) is 4.18. The van der Waals surface area contributed by atoms with Crippen molar-refractivity contribution in [3.8, 4) is 0 Å². The van der Waals surface area contributed by atoms with Crippen LogP contribution in [0.5, 0.6) is 0 Å². The molecule has 2 heteroatoms. The summed E-state index contributed by atoms with van der Waals surface area (Å²) < 4.78 is 0. The number of hydrogen-bond acceptors (Lipinski definition) is 1. The monoisotopic (exact) mass is 154 g/mol. The van der Waals surface area contributed by atoms with Gasteiger partial charge in [-0.05, 0) is 30.6 Å². The molecular weight excluding hydrogens is 140 g/mol. The van der Waals surface area contributed by atoms with Gasteiger partial charge in [0.05, 0.1) is 5.41 Å². The van der Waals surface area contributed by atoms with Crippen molar-refractivity contribution in [2.24, 2.45) is 16.7 Å². The van der Waals surface area contributed by atoms with Gasteiger partial charge in [-0.2, -0.15) is 0 Å². The minimum atomic E-state index is -0.573. The Labute approximate surface area is 66.6 Å². The average molecular weight is 154 g/mol. The molecule has 2 bridgehead atoms. The molecule has 0 aromatic rings. The van der Waals surface area contributed by atoms with E-state index in [0.717, 1.165) is 19.3 Å². The zero-order chi connectivity index (χ0) is 8.28. The molecular formula is C9H14O2. The SMILES string of the molecule is CC1(C)C2CCC1(C(=O)O)C2. The van der Waals surface area contributed by atoms with E-state index in [-0.39, 0.29) is 10.8 Å². The van der Waals surface area contributed by atoms with Crippen LogP contribution in [0, 0.1) is 16.7 Å². The van der Waals surface area contributed by atoms with Gasteiger partial charge in [-0.1, -0.05) is 13.8 Å². The highest BCUT2D eigenvalue weighted by Gasteiger charge is 2.68. The summed E-state index contributed by atoms with van der Waals surface area (Å²) in [5.74, 6) is 0.106. The van der Waals surface area contributed by atoms with Crippen molar-refractivity contribution in [3.05, 3.63) is 0 Å². The molecule has 3 fully saturated rings. The second-order valence-electron chi connectivity index (χ2n) is 4.55. The quantitative estimate of drug-likeness (QED) is 0.626. The normalized spacial score (nSPS) is 45.1. The van der Waals surface area contributed by atoms with Gasteiger partial charge >= 0.3 is 5.97 Å². The van der Waals surface area contributed by atoms with Gasteiger partial charge in [0, 0.05) is 0 Å². The fraction of sp³-hybridized carbons (Fsp3) is 0.889. The van der Waals surface area contributed by atoms with E-state index < -0.39 is 5.97 Å². The van der Waals surface area contributed by atoms with Crippen LogP contribution in [0.4, 0.5) is 0 Å². The number of aliphatic carboxylic acids is 1. The molecule has 62 valence electrons. The lowest BCUT2D eigenvalue weighted by Crippen LogP contribution is -2.52. The third-order valence-corrected chi connectivity index (χ3v) is 4.18. The van der Waals surface area contributed by atoms with E-state index in [4.69, 9.17) is 5.11 Å². The molecule has 3 aliphatic carbocycles. The molecule has 3 rings (SSSR count). The highest BCUT2D eigenvalue weighted by molar-refractivity contribution is 5.78. The molecule has 0 radical (unpaired) electrons. The predicted molar refractivity (Wildman–Crippen MR) is 41.2 cm³/mol. The van der Waals surface area contributed by atoms with Crippen LogP contribution in [-0.4, -0.2) is 11.1 Å². The summed E-state index contributed by atoms with van der Waals surface area (Å²) in [6, 6.07) is 0. The van der Waals surface area contributed by atoms with Gasteiger partial charge in [-0.15, -0.1) is 0 Å². The molecule has 0 aliphatic heterocycles. The minimum Gasteiger partial charge on any atom is -0.481 e. The van der Waals surface area contributed by atoms with Gasteiger partial charge in [-0.3, -0.25) is 4.79 Å². The molecule has 2 unspecified atom stereocenters. The van der Waals surface area contributed by atoms with Gasteiger partial charge < -0.3 is 5.11 Å². The lowest BCUT2D eigenvalue weighted by atomic mass is 9.51. The van der Waals surface area contributed by atoms with E-state index in [1.165, 1.54) is 0 Å². The highest BCUT2D eigenvalue weighted by atomic mass is 16.4. The smallest absolute Gasteiger partial charge is 0.310 e. The summed E-state index contributed by atoms with van der Waals surface area (Å²) in [4.78, 5) is 11.0. The fourth-order valence-corrected chi connectivity index (χ4v) is 2.98. The van der Waals surface area contributed by atoms with Crippen LogP contribution in [0.1, 0.15) is 33.1 Å². The summed E-state index contributed by atoms with van der Waals surface area (Å²) in [5, 5.41) is 9.05. The third kappa shape index (κ3) is 0.534. The lowest BCUT2D eigenvalue weighted by molar-refractivity contribution is -0.170. The largest absolute Gasteiger partial charge is 0.481 e. The first kappa shape index (κ1) is 7.14. The Kier molecular flexibility index (Phi) is 1.05. The first-order valence-electron chi connectivity index (χ1n) is 4.24. The maximum absolute atomic E-state index is 11.0. The van der Waals surface area contributed by atoms with E-state index in [0.29, 0.717) is 5.92 Å². The van der Waals surface area contributed by atoms with Gasteiger partial charge in [0.15, 0.2) is 0 Å². The molecule has 3 aliphatic rings. The van der Waals surface area contributed by atoms with Crippen LogP contribution < -0.4 is 0 Å². The van der Waals surface area contributed by atoms with Crippen LogP contribution in [0.2, 0.25) is 0 Å². The van der Waals surface area contributed by atoms with Gasteiger partial charge in [-0.25, -0.2) is 0 Å². The summed E-state index contributed by atoms with van der Waals surface area (Å²) >= 11 is 0. The molecule has 0 amide bonds. The molecule has 1 N–H and O–H groups in total. The second-order valence-corrected chi connectivity index (χ2v) is 4.55. The maximum atomic E-state index is 11.0. The van der Waals surface area contributed by atoms with E-state index in [1.807, 2.05) is 0 Å². The number of fused-ring (bicyclic) bond motifs is 1. The van der Waals surface area contributed by atoms with Crippen molar-refractivity contribution < 1.29 is 9.90 Å². The molecule has 11 heavy (non-hydrogen) atoms. The van der Waals surface area contributed by atoms with Crippen molar-refractivity contribution >= 4 is 5.97 Å². The number of hydrogen-bond donors (Lipinski definition) is 1. The van der Waals surface area contributed by atoms with E-state index in [1.54, 1.807) is 0 Å². The Morgan fingerprint density at radius 1 is 1.55 bits per heavy atom. The Hall–Kier alpha value is -0.530. The van der Waals surface area contributed by atoms with Crippen molar-refractivity contribution in [1.29, 1.82) is 0 Å². The van der Waals surface area contributed by atoms with Crippen LogP contribution in [-0.2, 0) is 4.79 Å². The maximum Gasteiger partial charge on any atom is 0.310 e. The van der Waals surface area contributed by atoms with E-state index in [2.05, 4.69) is 13.8 Å². The minimum absolute atomic E-state index is 0.0683. The van der Waals surface area contributed by atoms with Gasteiger partial charge in [0.1, 0.15) is 0 Å². The summed E-state index contributed by atoms with van der Waals surface area (Å²) in [6.45, 7) is 4.20. The molecule has 0 aromatic carbocycles. The molecule has 0 heterocycles. The first-order chi connectivity index (χ1) is 5.01. The number of rotatable bonds is 1. The summed E-state index contributed by atoms with van der Waals surface area (Å²) in [6.07, 6.45) is 2.95. The summed E-state index contributed by atoms with van der Waals surface area (Å²) in [7, 11) is 0. The summed E-state index contributed by atoms with van der Waals surface area (Å²) in [5.41, 5.74) is -0.281. The van der Waals surface area contributed by atoms with Crippen LogP contribution in [0.25, 0.3) is 0 Å². The van der Waals surface area contributed by atoms with Crippen LogP contribution in [0.3, 0.4) is 0 Å². The van der Waals surface area contributed by atoms with E-state index >= 15 is 0 Å². The zero-order valence-corrected chi connectivity index (χ0v) is 7.05. The molecule has 0 aromatic heterocycles. The van der Waals surface area contributed by atoms with Crippen molar-refractivity contribution in [2.45, 2.75) is 33.1 Å². The lowest BCUT2D eigenvalue weighted by Gasteiger charge is -2.51. The van der Waals surface area contributed by atoms with E-state index in [9.17, 15) is 4.79 Å². The Balaban J connectivity index is 2.36. The van der Waals surface area contributed by atoms with Crippen molar-refractivity contribution in [1.82, 2.24) is 0 Å². The molecule has 2 nitrogen and oxygen atoms in total. The predicted octanol–water partition coefficient (Wildman–Crippen LogP) is 1.90. The molecule has 0 spiro atoms. The fourth-order valence-electron chi connectivity index (χ4n) is 2.98. The molecule has 3 saturated carbocycles. The van der Waals surface area contributed by atoms with Crippen LogP contribution in [0.15, 0.2) is 0 Å². The number of carboxylic acid groups (broad SMARTS) is 1. The topological polar surface area (TPSA) is 37.3 Å². The average Bonchev–Trinajstić information content (AvgIpc) is 2.40. The Morgan fingerprint density at radius 3 is 2.36 bits per heavy atom. The first-order valence-corrected chi connectivity index (χ1v) is 4.24. The second kappa shape index (κ2) is 1.62. The number of carboxylic acids is 1. The molecule has 0 saturated heterocycles. The van der Waals surface area contributed by atoms with Crippen molar-refractivity contribution in [3.63, 3.8) is 0 Å². The Bertz CT molecular complexity index is 216.